The average Bonchev–Trinajstić information content (AvgIpc) is 3.03. The minimum Gasteiger partial charge on any atom is -0.310 e. The van der Waals surface area contributed by atoms with Gasteiger partial charge in [0.05, 0.1) is 11.9 Å². The molecule has 2 aromatic carbocycles. The van der Waals surface area contributed by atoms with E-state index in [-0.39, 0.29) is 11.6 Å². The van der Waals surface area contributed by atoms with Crippen molar-refractivity contribution in [1.29, 1.82) is 0 Å². The summed E-state index contributed by atoms with van der Waals surface area (Å²) in [4.78, 5) is 14.9. The molecule has 0 N–H and O–H groups in total. The number of para-hydroxylation sites is 1. The molecule has 0 bridgehead atoms. The van der Waals surface area contributed by atoms with E-state index < -0.39 is 21.9 Å². The van der Waals surface area contributed by atoms with Gasteiger partial charge in [0.2, 0.25) is 10.0 Å². The van der Waals surface area contributed by atoms with E-state index in [4.69, 9.17) is 0 Å². The van der Waals surface area contributed by atoms with Gasteiger partial charge in [-0.3, -0.25) is 9.10 Å². The summed E-state index contributed by atoms with van der Waals surface area (Å²) >= 11 is 0. The lowest BCUT2D eigenvalue weighted by Gasteiger charge is -2.33. The Labute approximate surface area is 153 Å². The van der Waals surface area contributed by atoms with Gasteiger partial charge in [-0.15, -0.1) is 0 Å². The summed E-state index contributed by atoms with van der Waals surface area (Å²) in [6, 6.07) is 11.9. The summed E-state index contributed by atoms with van der Waals surface area (Å²) in [5.41, 5.74) is 2.17. The molecule has 0 fully saturated rings. The van der Waals surface area contributed by atoms with Gasteiger partial charge in [0.15, 0.2) is 0 Å². The molecule has 0 aromatic heterocycles. The minimum absolute atomic E-state index is 0.271. The largest absolute Gasteiger partial charge is 0.310 e. The van der Waals surface area contributed by atoms with Gasteiger partial charge in [0, 0.05) is 12.2 Å². The summed E-state index contributed by atoms with van der Waals surface area (Å²) in [6.07, 6.45) is 2.11. The van der Waals surface area contributed by atoms with Crippen LogP contribution in [0.15, 0.2) is 48.5 Å². The Morgan fingerprint density at radius 1 is 1.19 bits per heavy atom. The molecule has 5 nitrogen and oxygen atoms in total. The van der Waals surface area contributed by atoms with Gasteiger partial charge >= 0.3 is 0 Å². The van der Waals surface area contributed by atoms with E-state index in [2.05, 4.69) is 0 Å². The molecule has 26 heavy (non-hydrogen) atoms. The predicted molar refractivity (Wildman–Crippen MR) is 100 cm³/mol. The molecule has 0 spiro atoms. The van der Waals surface area contributed by atoms with Gasteiger partial charge in [0.1, 0.15) is 11.9 Å². The number of hydrogen-bond acceptors (Lipinski definition) is 3. The van der Waals surface area contributed by atoms with Crippen molar-refractivity contribution < 1.29 is 17.6 Å². The van der Waals surface area contributed by atoms with Crippen molar-refractivity contribution in [2.45, 2.75) is 25.8 Å². The summed E-state index contributed by atoms with van der Waals surface area (Å²) in [5, 5.41) is 0. The first-order valence-electron chi connectivity index (χ1n) is 8.47. The van der Waals surface area contributed by atoms with Gasteiger partial charge in [-0.25, -0.2) is 12.8 Å². The zero-order valence-electron chi connectivity index (χ0n) is 14.7. The fraction of sp³-hybridized carbons (Fsp3) is 0.316. The van der Waals surface area contributed by atoms with Gasteiger partial charge in [0.25, 0.3) is 5.91 Å². The lowest BCUT2D eigenvalue weighted by Crippen LogP contribution is -2.50. The summed E-state index contributed by atoms with van der Waals surface area (Å²) in [5.74, 6) is -0.734. The Kier molecular flexibility index (Phi) is 5.00. The topological polar surface area (TPSA) is 57.7 Å². The molecular weight excluding hydrogens is 355 g/mol. The first-order chi connectivity index (χ1) is 12.3. The van der Waals surface area contributed by atoms with Crippen LogP contribution in [0.3, 0.4) is 0 Å². The second-order valence-electron chi connectivity index (χ2n) is 6.33. The Balaban J connectivity index is 1.99. The number of hydrogen-bond donors (Lipinski definition) is 0. The lowest BCUT2D eigenvalue weighted by atomic mass is 10.1. The van der Waals surface area contributed by atoms with Crippen LogP contribution < -0.4 is 9.21 Å². The molecule has 2 aromatic rings. The molecule has 0 aliphatic carbocycles. The maximum absolute atomic E-state index is 13.3. The molecular formula is C19H21FN2O3S. The molecule has 1 aliphatic heterocycles. The molecule has 0 unspecified atom stereocenters. The Morgan fingerprint density at radius 3 is 2.46 bits per heavy atom. The van der Waals surface area contributed by atoms with Crippen molar-refractivity contribution in [2.24, 2.45) is 0 Å². The third kappa shape index (κ3) is 3.44. The highest BCUT2D eigenvalue weighted by atomic mass is 32.2. The number of halogens is 1. The second kappa shape index (κ2) is 7.07. The molecule has 1 atom stereocenters. The molecule has 1 amide bonds. The standard InChI is InChI=1S/C19H21FN2O3S/c1-3-17(19(23)21-13-12-14-6-4-5-7-18(14)21)22(26(2,24)25)16-10-8-15(20)9-11-16/h4-11,17H,3,12-13H2,1-2H3/t17-/m0/s1. The molecule has 0 saturated heterocycles. The molecule has 0 radical (unpaired) electrons. The number of carbonyl (C=O) groups is 1. The Bertz CT molecular complexity index is 913. The van der Waals surface area contributed by atoms with E-state index in [0.29, 0.717) is 13.0 Å². The molecule has 1 aliphatic rings. The number of amides is 1. The summed E-state index contributed by atoms with van der Waals surface area (Å²) in [7, 11) is -3.73. The molecule has 3 rings (SSSR count). The average molecular weight is 376 g/mol. The normalized spacial score (nSPS) is 14.8. The van der Waals surface area contributed by atoms with Crippen LogP contribution in [0.5, 0.6) is 0 Å². The van der Waals surface area contributed by atoms with E-state index in [1.807, 2.05) is 24.3 Å². The van der Waals surface area contributed by atoms with Crippen LogP contribution in [0.25, 0.3) is 0 Å². The first kappa shape index (κ1) is 18.4. The zero-order valence-corrected chi connectivity index (χ0v) is 15.5. The molecule has 0 saturated carbocycles. The first-order valence-corrected chi connectivity index (χ1v) is 10.3. The molecule has 7 heteroatoms. The second-order valence-corrected chi connectivity index (χ2v) is 8.19. The zero-order chi connectivity index (χ0) is 18.9. The van der Waals surface area contributed by atoms with Gasteiger partial charge < -0.3 is 4.90 Å². The number of fused-ring (bicyclic) bond motifs is 1. The smallest absolute Gasteiger partial charge is 0.250 e. The monoisotopic (exact) mass is 376 g/mol. The Hall–Kier alpha value is -2.41. The van der Waals surface area contributed by atoms with Crippen molar-refractivity contribution in [3.63, 3.8) is 0 Å². The summed E-state index contributed by atoms with van der Waals surface area (Å²) < 4.78 is 39.2. The lowest BCUT2D eigenvalue weighted by molar-refractivity contribution is -0.119. The van der Waals surface area contributed by atoms with Crippen molar-refractivity contribution in [3.8, 4) is 0 Å². The van der Waals surface area contributed by atoms with Crippen LogP contribution >= 0.6 is 0 Å². The fourth-order valence-electron chi connectivity index (χ4n) is 3.38. The molecule has 138 valence electrons. The number of benzene rings is 2. The van der Waals surface area contributed by atoms with Crippen LogP contribution in [0.1, 0.15) is 18.9 Å². The highest BCUT2D eigenvalue weighted by Gasteiger charge is 2.36. The quantitative estimate of drug-likeness (QED) is 0.806. The van der Waals surface area contributed by atoms with Crippen molar-refractivity contribution in [1.82, 2.24) is 0 Å². The fourth-order valence-corrected chi connectivity index (χ4v) is 4.58. The van der Waals surface area contributed by atoms with Crippen LogP contribution in [-0.4, -0.2) is 33.2 Å². The Morgan fingerprint density at radius 2 is 1.85 bits per heavy atom. The maximum atomic E-state index is 13.3. The van der Waals surface area contributed by atoms with Crippen LogP contribution in [0, 0.1) is 5.82 Å². The van der Waals surface area contributed by atoms with Gasteiger partial charge in [-0.05, 0) is 48.7 Å². The van der Waals surface area contributed by atoms with E-state index in [1.54, 1.807) is 11.8 Å². The van der Waals surface area contributed by atoms with E-state index in [0.717, 1.165) is 28.2 Å². The molecule has 1 heterocycles. The van der Waals surface area contributed by atoms with E-state index in [1.165, 1.54) is 24.3 Å². The maximum Gasteiger partial charge on any atom is 0.250 e. The van der Waals surface area contributed by atoms with E-state index in [9.17, 15) is 17.6 Å². The van der Waals surface area contributed by atoms with Crippen molar-refractivity contribution in [3.05, 3.63) is 59.9 Å². The number of carbonyl (C=O) groups excluding carboxylic acids is 1. The van der Waals surface area contributed by atoms with Gasteiger partial charge in [-0.1, -0.05) is 25.1 Å². The van der Waals surface area contributed by atoms with Crippen molar-refractivity contribution >= 4 is 27.3 Å². The number of sulfonamides is 1. The third-order valence-corrected chi connectivity index (χ3v) is 5.73. The number of anilines is 2. The van der Waals surface area contributed by atoms with E-state index >= 15 is 0 Å². The van der Waals surface area contributed by atoms with Crippen LogP contribution in [0.2, 0.25) is 0 Å². The number of rotatable bonds is 5. The predicted octanol–water partition coefficient (Wildman–Crippen LogP) is 2.96. The highest BCUT2D eigenvalue weighted by molar-refractivity contribution is 7.92. The summed E-state index contributed by atoms with van der Waals surface area (Å²) in [6.45, 7) is 2.29. The number of nitrogens with zero attached hydrogens (tertiary/aromatic N) is 2. The SMILES string of the molecule is CC[C@@H](C(=O)N1CCc2ccccc21)N(c1ccc(F)cc1)S(C)(=O)=O. The third-order valence-electron chi connectivity index (χ3n) is 4.55. The van der Waals surface area contributed by atoms with Crippen LogP contribution in [0.4, 0.5) is 15.8 Å². The highest BCUT2D eigenvalue weighted by Crippen LogP contribution is 2.31. The van der Waals surface area contributed by atoms with Crippen molar-refractivity contribution in [2.75, 3.05) is 22.0 Å². The minimum atomic E-state index is -3.73. The van der Waals surface area contributed by atoms with Crippen LogP contribution in [-0.2, 0) is 21.2 Å². The van der Waals surface area contributed by atoms with Gasteiger partial charge in [-0.2, -0.15) is 0 Å².